The summed E-state index contributed by atoms with van der Waals surface area (Å²) in [6.07, 6.45) is -3.50. The lowest BCUT2D eigenvalue weighted by molar-refractivity contribution is -0.376. The molecule has 2 aromatic rings. The van der Waals surface area contributed by atoms with Gasteiger partial charge in [0.2, 0.25) is 5.91 Å². The highest BCUT2D eigenvalue weighted by Gasteiger charge is 2.71. The maximum atomic E-state index is 13.1. The summed E-state index contributed by atoms with van der Waals surface area (Å²) in [6, 6.07) is 6.89. The number of nitrogens with zero attached hydrogens (tertiary/aromatic N) is 1. The fourth-order valence-electron chi connectivity index (χ4n) is 3.13. The summed E-state index contributed by atoms with van der Waals surface area (Å²) < 4.78 is 106. The molecule has 1 unspecified atom stereocenters. The number of carbonyl (C=O) groups excluding carboxylic acids is 1. The van der Waals surface area contributed by atoms with E-state index in [1.807, 2.05) is 0 Å². The van der Waals surface area contributed by atoms with Crippen molar-refractivity contribution in [1.82, 2.24) is 0 Å². The van der Waals surface area contributed by atoms with E-state index >= 15 is 0 Å². The van der Waals surface area contributed by atoms with Crippen molar-refractivity contribution in [3.63, 3.8) is 0 Å². The van der Waals surface area contributed by atoms with Crippen molar-refractivity contribution in [2.45, 2.75) is 42.6 Å². The Morgan fingerprint density at radius 3 is 1.97 bits per heavy atom. The highest BCUT2D eigenvalue weighted by molar-refractivity contribution is 7.86. The molecule has 2 aromatic carbocycles. The number of rotatable bonds is 3. The molecule has 0 bridgehead atoms. The fourth-order valence-corrected chi connectivity index (χ4v) is 4.40. The van der Waals surface area contributed by atoms with E-state index in [-0.39, 0.29) is 35.0 Å². The summed E-state index contributed by atoms with van der Waals surface area (Å²) in [7, 11) is -1.84. The van der Waals surface area contributed by atoms with Crippen molar-refractivity contribution < 1.29 is 44.8 Å². The second-order valence-electron chi connectivity index (χ2n) is 7.07. The maximum absolute atomic E-state index is 13.1. The summed E-state index contributed by atoms with van der Waals surface area (Å²) in [5.74, 6) is -0.881. The highest BCUT2D eigenvalue weighted by atomic mass is 32.2. The van der Waals surface area contributed by atoms with Crippen molar-refractivity contribution in [1.29, 1.82) is 0 Å². The highest BCUT2D eigenvalue weighted by Crippen LogP contribution is 2.50. The van der Waals surface area contributed by atoms with Crippen LogP contribution in [0, 0.1) is 18.7 Å². The number of primary amides is 1. The van der Waals surface area contributed by atoms with Gasteiger partial charge in [-0.05, 0) is 48.7 Å². The molecule has 3 N–H and O–H groups in total. The number of anilines is 1. The van der Waals surface area contributed by atoms with E-state index in [0.717, 1.165) is 18.2 Å². The number of aliphatic hydroxyl groups is 1. The van der Waals surface area contributed by atoms with E-state index in [4.69, 9.17) is 0 Å². The first-order chi connectivity index (χ1) is 16.1. The molecule has 13 heteroatoms. The Morgan fingerprint density at radius 1 is 1.03 bits per heavy atom. The first-order valence-corrected chi connectivity index (χ1v) is 10.7. The molecule has 35 heavy (non-hydrogen) atoms. The lowest BCUT2D eigenvalue weighted by Gasteiger charge is -2.35. The minimum Gasteiger partial charge on any atom is -0.370 e. The molecule has 3 rings (SSSR count). The molecule has 0 aliphatic carbocycles. The molecule has 1 heterocycles. The van der Waals surface area contributed by atoms with Crippen molar-refractivity contribution in [3.8, 4) is 12.8 Å². The lowest BCUT2D eigenvalue weighted by Crippen LogP contribution is -2.54. The van der Waals surface area contributed by atoms with E-state index in [2.05, 4.69) is 18.6 Å². The van der Waals surface area contributed by atoms with Gasteiger partial charge in [0.1, 0.15) is 5.82 Å². The molecule has 1 aliphatic rings. The summed E-state index contributed by atoms with van der Waals surface area (Å²) >= 11 is 0. The summed E-state index contributed by atoms with van der Waals surface area (Å²) in [5.41, 5.74) is -1.62. The predicted molar refractivity (Wildman–Crippen MR) is 116 cm³/mol. The van der Waals surface area contributed by atoms with Gasteiger partial charge in [0.15, 0.2) is 11.0 Å². The van der Waals surface area contributed by atoms with Crippen LogP contribution in [0.3, 0.4) is 0 Å². The van der Waals surface area contributed by atoms with E-state index < -0.39 is 40.3 Å². The van der Waals surface area contributed by atoms with Crippen LogP contribution in [0.2, 0.25) is 0 Å². The Balaban J connectivity index is 0.000000926. The molecule has 0 spiro atoms. The Bertz CT molecular complexity index is 1050. The van der Waals surface area contributed by atoms with Crippen molar-refractivity contribution in [3.05, 3.63) is 59.4 Å². The van der Waals surface area contributed by atoms with Gasteiger partial charge >= 0.3 is 12.4 Å². The van der Waals surface area contributed by atoms with Crippen LogP contribution in [0.15, 0.2) is 47.4 Å². The molecular formula is C22H21F7N2O3S. The van der Waals surface area contributed by atoms with E-state index in [1.165, 1.54) is 23.4 Å². The van der Waals surface area contributed by atoms with Crippen molar-refractivity contribution in [2.75, 3.05) is 10.8 Å². The van der Waals surface area contributed by atoms with Crippen LogP contribution in [0.5, 0.6) is 0 Å². The molecule has 192 valence electrons. The van der Waals surface area contributed by atoms with E-state index in [9.17, 15) is 44.8 Å². The van der Waals surface area contributed by atoms with Gasteiger partial charge in [-0.1, -0.05) is 12.1 Å². The molecule has 0 saturated carbocycles. The number of hydrogen-bond donors (Lipinski definition) is 2. The Kier molecular flexibility index (Phi) is 9.87. The molecule has 1 aliphatic heterocycles. The minimum atomic E-state index is -5.98. The topological polar surface area (TPSA) is 83.6 Å². The lowest BCUT2D eigenvalue weighted by atomic mass is 9.89. The molecule has 1 atom stereocenters. The quantitative estimate of drug-likeness (QED) is 0.461. The van der Waals surface area contributed by atoms with Crippen LogP contribution >= 0.6 is 0 Å². The van der Waals surface area contributed by atoms with Gasteiger partial charge in [0.25, 0.3) is 5.60 Å². The number of nitrogens with two attached hydrogens (primary N) is 1. The first kappa shape index (κ1) is 29.9. The third-order valence-electron chi connectivity index (χ3n) is 4.61. The van der Waals surface area contributed by atoms with Crippen LogP contribution < -0.4 is 10.0 Å². The SMILES string of the molecule is C#C.CC(N)=O.O=S(c1ccc(F)cc1)N1CCCc2cc(C(O)(C(F)(F)F)C(F)(F)F)ccc21. The second-order valence-corrected chi connectivity index (χ2v) is 8.48. The van der Waals surface area contributed by atoms with Crippen molar-refractivity contribution in [2.24, 2.45) is 5.73 Å². The summed E-state index contributed by atoms with van der Waals surface area (Å²) in [4.78, 5) is 9.45. The molecule has 0 fully saturated rings. The van der Waals surface area contributed by atoms with Crippen LogP contribution in [0.1, 0.15) is 24.5 Å². The average Bonchev–Trinajstić information content (AvgIpc) is 2.77. The number of terminal acetylenes is 1. The Labute approximate surface area is 199 Å². The Morgan fingerprint density at radius 2 is 1.51 bits per heavy atom. The number of aryl methyl sites for hydroxylation is 1. The van der Waals surface area contributed by atoms with Gasteiger partial charge in [-0.25, -0.2) is 8.60 Å². The smallest absolute Gasteiger partial charge is 0.370 e. The number of alkyl halides is 6. The zero-order chi connectivity index (χ0) is 27.2. The second kappa shape index (κ2) is 11.5. The maximum Gasteiger partial charge on any atom is 0.430 e. The third kappa shape index (κ3) is 6.73. The number of benzene rings is 2. The van der Waals surface area contributed by atoms with Gasteiger partial charge in [-0.3, -0.25) is 9.10 Å². The number of halogens is 7. The van der Waals surface area contributed by atoms with E-state index in [0.29, 0.717) is 18.6 Å². The van der Waals surface area contributed by atoms with Crippen LogP contribution in [-0.2, 0) is 27.8 Å². The van der Waals surface area contributed by atoms with Gasteiger partial charge in [-0.15, -0.1) is 12.8 Å². The monoisotopic (exact) mass is 526 g/mol. The molecule has 0 radical (unpaired) electrons. The van der Waals surface area contributed by atoms with Gasteiger partial charge in [0.05, 0.1) is 10.6 Å². The number of carbonyl (C=O) groups is 1. The average molecular weight is 526 g/mol. The summed E-state index contributed by atoms with van der Waals surface area (Å²) in [5, 5.41) is 9.58. The van der Waals surface area contributed by atoms with Gasteiger partial charge in [0, 0.05) is 19.0 Å². The predicted octanol–water partition coefficient (Wildman–Crippen LogP) is 4.35. The molecular weight excluding hydrogens is 505 g/mol. The van der Waals surface area contributed by atoms with Crippen molar-refractivity contribution >= 4 is 22.6 Å². The molecule has 1 amide bonds. The molecule has 0 aromatic heterocycles. The first-order valence-electron chi connectivity index (χ1n) is 9.63. The number of hydrogen-bond acceptors (Lipinski definition) is 3. The zero-order valence-electron chi connectivity index (χ0n) is 18.2. The normalized spacial score (nSPS) is 14.4. The Hall–Kier alpha value is -3.11. The number of fused-ring (bicyclic) bond motifs is 1. The van der Waals surface area contributed by atoms with Gasteiger partial charge < -0.3 is 10.8 Å². The third-order valence-corrected chi connectivity index (χ3v) is 6.06. The van der Waals surface area contributed by atoms with Crippen LogP contribution in [0.4, 0.5) is 36.4 Å². The largest absolute Gasteiger partial charge is 0.430 e. The van der Waals surface area contributed by atoms with Crippen LogP contribution in [0.25, 0.3) is 0 Å². The summed E-state index contributed by atoms with van der Waals surface area (Å²) in [6.45, 7) is 1.54. The van der Waals surface area contributed by atoms with Crippen LogP contribution in [-0.4, -0.2) is 34.1 Å². The zero-order valence-corrected chi connectivity index (χ0v) is 19.0. The van der Waals surface area contributed by atoms with Gasteiger partial charge in [-0.2, -0.15) is 26.3 Å². The van der Waals surface area contributed by atoms with E-state index in [1.54, 1.807) is 0 Å². The molecule has 5 nitrogen and oxygen atoms in total. The standard InChI is InChI=1S/C18H14F7NO2S.C2H5NO.C2H2/c19-13-4-6-14(7-5-13)29(28)26-9-1-2-11-10-12(3-8-15(11)26)16(27,17(20,21)22)18(23,24)25;1-2(3)4;1-2/h3-8,10,27H,1-2,9H2;1H3,(H2,3,4);1-2H. The fraction of sp³-hybridized carbons (Fsp3) is 0.318. The number of amides is 1. The molecule has 0 saturated heterocycles. The minimum absolute atomic E-state index is 0.0936.